The van der Waals surface area contributed by atoms with Gasteiger partial charge in [-0.3, -0.25) is 14.4 Å². The summed E-state index contributed by atoms with van der Waals surface area (Å²) in [5, 5.41) is 16.1. The van der Waals surface area contributed by atoms with Crippen molar-refractivity contribution in [1.29, 1.82) is 0 Å². The summed E-state index contributed by atoms with van der Waals surface area (Å²) in [7, 11) is -2.44. The summed E-state index contributed by atoms with van der Waals surface area (Å²) < 4.78 is 30.8. The number of rotatable bonds is 16. The van der Waals surface area contributed by atoms with Gasteiger partial charge in [-0.15, -0.1) is 0 Å². The third-order valence-corrected chi connectivity index (χ3v) is 12.5. The molecule has 14 heteroatoms. The Labute approximate surface area is 345 Å². The van der Waals surface area contributed by atoms with Crippen molar-refractivity contribution in [3.8, 4) is 5.69 Å². The maximum Gasteiger partial charge on any atom is 0.275 e. The average Bonchev–Trinajstić information content (AvgIpc) is 3.52. The molecule has 306 valence electrons. The van der Waals surface area contributed by atoms with Crippen molar-refractivity contribution in [3.63, 3.8) is 0 Å². The first-order valence-electron chi connectivity index (χ1n) is 19.8. The highest BCUT2D eigenvalue weighted by Gasteiger charge is 2.34. The lowest BCUT2D eigenvalue weighted by Crippen LogP contribution is -2.50. The van der Waals surface area contributed by atoms with Gasteiger partial charge in [-0.1, -0.05) is 92.9 Å². The Bertz CT molecular complexity index is 2410. The summed E-state index contributed by atoms with van der Waals surface area (Å²) in [4.78, 5) is 48.3. The molecule has 0 spiro atoms. The zero-order valence-electron chi connectivity index (χ0n) is 33.4. The van der Waals surface area contributed by atoms with Gasteiger partial charge in [0, 0.05) is 44.3 Å². The van der Waals surface area contributed by atoms with Crippen LogP contribution in [0.4, 0.5) is 0 Å². The fraction of sp³-hybridized carbons (Fsp3) is 0.364. The third kappa shape index (κ3) is 9.28. The number of aliphatic hydroxyl groups excluding tert-OH is 1. The number of nitrogens with zero attached hydrogens (tertiary/aromatic N) is 5. The molecule has 0 saturated carbocycles. The minimum atomic E-state index is -4.31. The maximum atomic E-state index is 15.1. The van der Waals surface area contributed by atoms with Crippen LogP contribution in [0.25, 0.3) is 16.5 Å². The molecule has 0 saturated heterocycles. The molecule has 0 aliphatic carbocycles. The van der Waals surface area contributed by atoms with E-state index in [0.29, 0.717) is 43.7 Å². The van der Waals surface area contributed by atoms with E-state index in [1.54, 1.807) is 34.9 Å². The van der Waals surface area contributed by atoms with Crippen molar-refractivity contribution in [2.45, 2.75) is 70.4 Å². The molecule has 1 atom stereocenters. The number of unbranched alkanes of at least 4 members (excludes halogenated alkanes) is 2. The van der Waals surface area contributed by atoms with Gasteiger partial charge in [0.1, 0.15) is 0 Å². The van der Waals surface area contributed by atoms with Gasteiger partial charge in [-0.05, 0) is 85.5 Å². The number of hydrogen-bond acceptors (Lipinski definition) is 8. The number of sulfonamides is 1. The Balaban J connectivity index is 1.43. The second-order valence-corrected chi connectivity index (χ2v) is 16.9. The number of carbonyl (C=O) groups is 3. The Morgan fingerprint density at radius 1 is 0.897 bits per heavy atom. The van der Waals surface area contributed by atoms with E-state index in [1.165, 1.54) is 35.0 Å². The van der Waals surface area contributed by atoms with Crippen molar-refractivity contribution in [1.82, 2.24) is 29.2 Å². The molecule has 1 aliphatic rings. The molecule has 2 heterocycles. The molecule has 6 rings (SSSR count). The number of benzene rings is 4. The molecule has 58 heavy (non-hydrogen) atoms. The fourth-order valence-corrected chi connectivity index (χ4v) is 8.60. The molecule has 1 unspecified atom stereocenters. The number of hydrogen-bond donors (Lipinski definition) is 2. The molecule has 12 nitrogen and oxygen atoms in total. The molecule has 5 aromatic rings. The first-order chi connectivity index (χ1) is 27.9. The summed E-state index contributed by atoms with van der Waals surface area (Å²) in [6.07, 6.45) is 4.00. The Kier molecular flexibility index (Phi) is 13.7. The molecule has 2 N–H and O–H groups in total. The van der Waals surface area contributed by atoms with E-state index in [9.17, 15) is 23.1 Å². The lowest BCUT2D eigenvalue weighted by Gasteiger charge is -2.39. The largest absolute Gasteiger partial charge is 0.395 e. The summed E-state index contributed by atoms with van der Waals surface area (Å²) in [6, 6.07) is 23.8. The molecule has 0 bridgehead atoms. The Morgan fingerprint density at radius 2 is 1.57 bits per heavy atom. The number of likely N-dealkylation sites (N-methyl/N-ethyl adjacent to an activating group) is 1. The molecule has 1 aromatic heterocycles. The first kappa shape index (κ1) is 42.5. The van der Waals surface area contributed by atoms with Crippen molar-refractivity contribution in [2.24, 2.45) is 0 Å². The number of fused-ring (bicyclic) bond motifs is 2. The molecular formula is C44H51ClN6O6S. The van der Waals surface area contributed by atoms with Gasteiger partial charge in [0.15, 0.2) is 5.69 Å². The highest BCUT2D eigenvalue weighted by molar-refractivity contribution is 7.90. The van der Waals surface area contributed by atoms with Gasteiger partial charge >= 0.3 is 0 Å². The van der Waals surface area contributed by atoms with Crippen LogP contribution < -0.4 is 4.72 Å². The van der Waals surface area contributed by atoms with Crippen LogP contribution in [0.3, 0.4) is 0 Å². The van der Waals surface area contributed by atoms with Crippen LogP contribution in [0.15, 0.2) is 89.8 Å². The second-order valence-electron chi connectivity index (χ2n) is 14.9. The number of halogens is 1. The lowest BCUT2D eigenvalue weighted by molar-refractivity contribution is 0.0586. The van der Waals surface area contributed by atoms with E-state index in [-0.39, 0.29) is 57.5 Å². The van der Waals surface area contributed by atoms with Gasteiger partial charge in [0.25, 0.3) is 27.7 Å². The van der Waals surface area contributed by atoms with Gasteiger partial charge in [0.05, 0.1) is 33.5 Å². The topological polar surface area (TPSA) is 145 Å². The molecular weight excluding hydrogens is 776 g/mol. The highest BCUT2D eigenvalue weighted by Crippen LogP contribution is 2.31. The van der Waals surface area contributed by atoms with Crippen molar-refractivity contribution >= 4 is 50.1 Å². The maximum absolute atomic E-state index is 15.1. The van der Waals surface area contributed by atoms with E-state index in [0.717, 1.165) is 42.2 Å². The van der Waals surface area contributed by atoms with Gasteiger partial charge in [-0.2, -0.15) is 5.10 Å². The molecule has 0 fully saturated rings. The van der Waals surface area contributed by atoms with Crippen LogP contribution in [-0.2, 0) is 23.0 Å². The van der Waals surface area contributed by atoms with Crippen LogP contribution >= 0.6 is 11.6 Å². The molecule has 4 aromatic carbocycles. The van der Waals surface area contributed by atoms with E-state index >= 15 is 4.79 Å². The number of aromatic nitrogens is 2. The van der Waals surface area contributed by atoms with Crippen LogP contribution in [0, 0.1) is 6.92 Å². The predicted molar refractivity (Wildman–Crippen MR) is 226 cm³/mol. The standard InChI is InChI=1S/C44H51ClN6O6S/c1-5-7-21-49(22-8-6-2)44(55)41-40(45)30(3)51(46-41)39-20-18-34(42(53)47-58(56,57)37-19-17-31-13-9-10-15-33(31)26-37)27-38(39)43(54)50-28-35-16-12-11-14-32(35)25-36(50)29-48(4)23-24-52/h9-20,26-27,36,52H,5-8,21-25,28-29H2,1-4H3,(H,47,53). The van der Waals surface area contributed by atoms with Gasteiger partial charge in [-0.25, -0.2) is 17.8 Å². The van der Waals surface area contributed by atoms with Crippen LogP contribution in [0.1, 0.15) is 87.6 Å². The van der Waals surface area contributed by atoms with Crippen molar-refractivity contribution in [2.75, 3.05) is 39.8 Å². The SMILES string of the molecule is CCCCN(CCCC)C(=O)c1nn(-c2ccc(C(=O)NS(=O)(=O)c3ccc4ccccc4c3)cc2C(=O)N2Cc3ccccc3CC2CN(C)CCO)c(C)c1Cl. The number of nitrogens with one attached hydrogen (secondary N) is 1. The lowest BCUT2D eigenvalue weighted by atomic mass is 9.92. The predicted octanol–water partition coefficient (Wildman–Crippen LogP) is 6.64. The van der Waals surface area contributed by atoms with Crippen molar-refractivity contribution in [3.05, 3.63) is 124 Å². The molecule has 3 amide bonds. The average molecular weight is 827 g/mol. The van der Waals surface area contributed by atoms with Crippen molar-refractivity contribution < 1.29 is 27.9 Å². The monoisotopic (exact) mass is 826 g/mol. The normalized spacial score (nSPS) is 14.1. The zero-order chi connectivity index (χ0) is 41.6. The summed E-state index contributed by atoms with van der Waals surface area (Å²) >= 11 is 6.88. The van der Waals surface area contributed by atoms with Crippen LogP contribution in [0.5, 0.6) is 0 Å². The van der Waals surface area contributed by atoms with Gasteiger partial charge < -0.3 is 19.8 Å². The summed E-state index contributed by atoms with van der Waals surface area (Å²) in [5.74, 6) is -1.66. The highest BCUT2D eigenvalue weighted by atomic mass is 35.5. The van der Waals surface area contributed by atoms with E-state index < -0.39 is 21.8 Å². The van der Waals surface area contributed by atoms with E-state index in [2.05, 4.69) is 18.6 Å². The van der Waals surface area contributed by atoms with Gasteiger partial charge in [0.2, 0.25) is 0 Å². The molecule has 0 radical (unpaired) electrons. The summed E-state index contributed by atoms with van der Waals surface area (Å²) in [6.45, 7) is 8.02. The first-order valence-corrected chi connectivity index (χ1v) is 21.6. The summed E-state index contributed by atoms with van der Waals surface area (Å²) in [5.41, 5.74) is 2.83. The minimum Gasteiger partial charge on any atom is -0.395 e. The number of aliphatic hydroxyl groups is 1. The third-order valence-electron chi connectivity index (χ3n) is 10.7. The number of carbonyl (C=O) groups excluding carboxylic acids is 3. The Morgan fingerprint density at radius 3 is 2.26 bits per heavy atom. The fourth-order valence-electron chi connectivity index (χ4n) is 7.39. The minimum absolute atomic E-state index is 0.0497. The second kappa shape index (κ2) is 18.7. The number of amides is 3. The van der Waals surface area contributed by atoms with E-state index in [1.807, 2.05) is 48.3 Å². The molecule has 1 aliphatic heterocycles. The Hall–Kier alpha value is -5.08. The van der Waals surface area contributed by atoms with Crippen LogP contribution in [-0.4, -0.2) is 102 Å². The zero-order valence-corrected chi connectivity index (χ0v) is 35.0. The van der Waals surface area contributed by atoms with E-state index in [4.69, 9.17) is 16.7 Å². The smallest absolute Gasteiger partial charge is 0.275 e. The quantitative estimate of drug-likeness (QED) is 0.113. The van der Waals surface area contributed by atoms with Crippen LogP contribution in [0.2, 0.25) is 5.02 Å².